The zero-order chi connectivity index (χ0) is 12.9. The fraction of sp³-hybridized carbons (Fsp3) is 0.615. The van der Waals surface area contributed by atoms with Gasteiger partial charge in [-0.25, -0.2) is 0 Å². The first kappa shape index (κ1) is 14.9. The predicted octanol–water partition coefficient (Wildman–Crippen LogP) is 3.98. The van der Waals surface area contributed by atoms with Crippen molar-refractivity contribution >= 4 is 27.5 Å². The summed E-state index contributed by atoms with van der Waals surface area (Å²) in [7, 11) is 0. The van der Waals surface area contributed by atoms with Gasteiger partial charge in [0.25, 0.3) is 0 Å². The first-order valence-corrected chi connectivity index (χ1v) is 7.05. The Kier molecular flexibility index (Phi) is 5.90. The van der Waals surface area contributed by atoms with Gasteiger partial charge in [-0.15, -0.1) is 11.6 Å². The second-order valence-corrected chi connectivity index (χ2v) is 6.99. The van der Waals surface area contributed by atoms with Crippen LogP contribution in [0.25, 0.3) is 0 Å². The SMILES string of the molecule is CC(C)(C)CC(Cl)CNCc1ccc(Br)cn1. The third-order valence-corrected chi connectivity index (χ3v) is 3.07. The fourth-order valence-electron chi connectivity index (χ4n) is 1.60. The Bertz CT molecular complexity index is 332. The molecule has 0 bridgehead atoms. The monoisotopic (exact) mass is 318 g/mol. The van der Waals surface area contributed by atoms with E-state index in [1.807, 2.05) is 18.3 Å². The van der Waals surface area contributed by atoms with Gasteiger partial charge in [0.05, 0.1) is 5.69 Å². The molecule has 1 aromatic rings. The van der Waals surface area contributed by atoms with Gasteiger partial charge in [0, 0.05) is 29.1 Å². The summed E-state index contributed by atoms with van der Waals surface area (Å²) in [6.45, 7) is 8.20. The normalized spacial score (nSPS) is 13.7. The van der Waals surface area contributed by atoms with E-state index in [4.69, 9.17) is 11.6 Å². The Balaban J connectivity index is 2.26. The number of nitrogens with one attached hydrogen (secondary N) is 1. The molecule has 1 N–H and O–H groups in total. The van der Waals surface area contributed by atoms with E-state index in [9.17, 15) is 0 Å². The molecule has 2 nitrogen and oxygen atoms in total. The fourth-order valence-corrected chi connectivity index (χ4v) is 2.41. The standard InChI is InChI=1S/C13H20BrClN2/c1-13(2,3)6-11(15)8-16-9-12-5-4-10(14)7-17-12/h4-5,7,11,16H,6,8-9H2,1-3H3. The minimum Gasteiger partial charge on any atom is -0.310 e. The minimum atomic E-state index is 0.172. The van der Waals surface area contributed by atoms with Crippen molar-refractivity contribution in [2.75, 3.05) is 6.54 Å². The van der Waals surface area contributed by atoms with E-state index in [1.165, 1.54) is 0 Å². The molecule has 17 heavy (non-hydrogen) atoms. The molecule has 0 aliphatic rings. The number of nitrogens with zero attached hydrogens (tertiary/aromatic N) is 1. The van der Waals surface area contributed by atoms with Gasteiger partial charge in [-0.05, 0) is 39.9 Å². The quantitative estimate of drug-likeness (QED) is 0.830. The van der Waals surface area contributed by atoms with E-state index < -0.39 is 0 Å². The van der Waals surface area contributed by atoms with E-state index in [0.717, 1.165) is 29.7 Å². The van der Waals surface area contributed by atoms with Crippen molar-refractivity contribution in [1.82, 2.24) is 10.3 Å². The van der Waals surface area contributed by atoms with Crippen molar-refractivity contribution in [3.8, 4) is 0 Å². The van der Waals surface area contributed by atoms with Crippen LogP contribution >= 0.6 is 27.5 Å². The van der Waals surface area contributed by atoms with Crippen molar-refractivity contribution in [3.05, 3.63) is 28.5 Å². The number of halogens is 2. The molecule has 1 rings (SSSR count). The Morgan fingerprint density at radius 2 is 2.12 bits per heavy atom. The molecule has 0 spiro atoms. The van der Waals surface area contributed by atoms with Crippen LogP contribution in [-0.2, 0) is 6.54 Å². The Morgan fingerprint density at radius 1 is 1.41 bits per heavy atom. The zero-order valence-electron chi connectivity index (χ0n) is 10.6. The molecule has 96 valence electrons. The lowest BCUT2D eigenvalue weighted by Gasteiger charge is -2.21. The predicted molar refractivity (Wildman–Crippen MR) is 77.4 cm³/mol. The zero-order valence-corrected chi connectivity index (χ0v) is 13.0. The largest absolute Gasteiger partial charge is 0.310 e. The smallest absolute Gasteiger partial charge is 0.0542 e. The van der Waals surface area contributed by atoms with Crippen molar-refractivity contribution in [1.29, 1.82) is 0 Å². The van der Waals surface area contributed by atoms with Crippen molar-refractivity contribution in [2.24, 2.45) is 5.41 Å². The van der Waals surface area contributed by atoms with Crippen LogP contribution in [0.1, 0.15) is 32.9 Å². The third-order valence-electron chi connectivity index (χ3n) is 2.29. The van der Waals surface area contributed by atoms with Crippen LogP contribution in [0.5, 0.6) is 0 Å². The lowest BCUT2D eigenvalue weighted by Crippen LogP contribution is -2.26. The highest BCUT2D eigenvalue weighted by Crippen LogP contribution is 2.23. The van der Waals surface area contributed by atoms with Gasteiger partial charge in [-0.2, -0.15) is 0 Å². The summed E-state index contributed by atoms with van der Waals surface area (Å²) in [5.41, 5.74) is 1.32. The molecule has 1 aromatic heterocycles. The molecule has 1 atom stereocenters. The van der Waals surface area contributed by atoms with Gasteiger partial charge in [-0.1, -0.05) is 20.8 Å². The number of pyridine rings is 1. The summed E-state index contributed by atoms with van der Waals surface area (Å²) in [5.74, 6) is 0. The van der Waals surface area contributed by atoms with Gasteiger partial charge in [0.2, 0.25) is 0 Å². The highest BCUT2D eigenvalue weighted by molar-refractivity contribution is 9.10. The van der Waals surface area contributed by atoms with E-state index in [1.54, 1.807) is 0 Å². The molecule has 0 saturated carbocycles. The maximum absolute atomic E-state index is 6.27. The van der Waals surface area contributed by atoms with Gasteiger partial charge in [0.1, 0.15) is 0 Å². The highest BCUT2D eigenvalue weighted by atomic mass is 79.9. The van der Waals surface area contributed by atoms with Gasteiger partial charge in [-0.3, -0.25) is 4.98 Å². The lowest BCUT2D eigenvalue weighted by atomic mass is 9.90. The number of hydrogen-bond acceptors (Lipinski definition) is 2. The molecule has 0 radical (unpaired) electrons. The lowest BCUT2D eigenvalue weighted by molar-refractivity contribution is 0.364. The van der Waals surface area contributed by atoms with Crippen LogP contribution in [0.3, 0.4) is 0 Å². The molecular weight excluding hydrogens is 300 g/mol. The summed E-state index contributed by atoms with van der Waals surface area (Å²) in [4.78, 5) is 4.30. The molecule has 0 aliphatic carbocycles. The van der Waals surface area contributed by atoms with Gasteiger partial charge in [0.15, 0.2) is 0 Å². The van der Waals surface area contributed by atoms with E-state index in [2.05, 4.69) is 47.0 Å². The van der Waals surface area contributed by atoms with Crippen LogP contribution in [0.4, 0.5) is 0 Å². The van der Waals surface area contributed by atoms with Crippen molar-refractivity contribution < 1.29 is 0 Å². The molecule has 0 amide bonds. The summed E-state index contributed by atoms with van der Waals surface area (Å²) in [6, 6.07) is 4.00. The van der Waals surface area contributed by atoms with E-state index >= 15 is 0 Å². The number of rotatable bonds is 5. The van der Waals surface area contributed by atoms with Gasteiger partial charge >= 0.3 is 0 Å². The van der Waals surface area contributed by atoms with Crippen LogP contribution in [0.2, 0.25) is 0 Å². The molecular formula is C13H20BrClN2. The maximum Gasteiger partial charge on any atom is 0.0542 e. The van der Waals surface area contributed by atoms with Crippen LogP contribution in [-0.4, -0.2) is 16.9 Å². The van der Waals surface area contributed by atoms with E-state index in [0.29, 0.717) is 0 Å². The second kappa shape index (κ2) is 6.72. The maximum atomic E-state index is 6.27. The summed E-state index contributed by atoms with van der Waals surface area (Å²) in [6.07, 6.45) is 2.82. The molecule has 1 unspecified atom stereocenters. The van der Waals surface area contributed by atoms with E-state index in [-0.39, 0.29) is 10.8 Å². The molecule has 4 heteroatoms. The molecule has 0 fully saturated rings. The first-order valence-electron chi connectivity index (χ1n) is 5.82. The molecule has 0 saturated heterocycles. The molecule has 0 aliphatic heterocycles. The Morgan fingerprint density at radius 3 is 2.65 bits per heavy atom. The Labute approximate surface area is 117 Å². The average molecular weight is 320 g/mol. The average Bonchev–Trinajstić information content (AvgIpc) is 2.18. The minimum absolute atomic E-state index is 0.172. The van der Waals surface area contributed by atoms with Crippen molar-refractivity contribution in [2.45, 2.75) is 39.1 Å². The molecule has 0 aromatic carbocycles. The second-order valence-electron chi connectivity index (χ2n) is 5.46. The number of hydrogen-bond donors (Lipinski definition) is 1. The van der Waals surface area contributed by atoms with Crippen molar-refractivity contribution in [3.63, 3.8) is 0 Å². The highest BCUT2D eigenvalue weighted by Gasteiger charge is 2.16. The topological polar surface area (TPSA) is 24.9 Å². The van der Waals surface area contributed by atoms with Crippen LogP contribution < -0.4 is 5.32 Å². The summed E-state index contributed by atoms with van der Waals surface area (Å²) in [5, 5.41) is 3.51. The third kappa shape index (κ3) is 7.02. The summed E-state index contributed by atoms with van der Waals surface area (Å²) >= 11 is 9.63. The van der Waals surface area contributed by atoms with Crippen LogP contribution in [0, 0.1) is 5.41 Å². The molecule has 1 heterocycles. The number of alkyl halides is 1. The van der Waals surface area contributed by atoms with Gasteiger partial charge < -0.3 is 5.32 Å². The first-order chi connectivity index (χ1) is 7.87. The van der Waals surface area contributed by atoms with Crippen LogP contribution in [0.15, 0.2) is 22.8 Å². The number of aromatic nitrogens is 1. The Hall–Kier alpha value is -0.120. The summed E-state index contributed by atoms with van der Waals surface area (Å²) < 4.78 is 1.00.